The van der Waals surface area contributed by atoms with Crippen molar-refractivity contribution in [3.8, 4) is 5.75 Å². The Hall–Kier alpha value is -2.55. The Morgan fingerprint density at radius 3 is 2.52 bits per heavy atom. The predicted molar refractivity (Wildman–Crippen MR) is 95.6 cm³/mol. The third-order valence-electron chi connectivity index (χ3n) is 3.13. The first-order chi connectivity index (χ1) is 11.2. The first-order valence-corrected chi connectivity index (χ1v) is 7.93. The molecular formula is C20H24O3. The quantitative estimate of drug-likeness (QED) is 0.454. The van der Waals surface area contributed by atoms with Gasteiger partial charge in [-0.1, -0.05) is 57.2 Å². The van der Waals surface area contributed by atoms with Crippen LogP contribution in [0.2, 0.25) is 0 Å². The molecule has 0 fully saturated rings. The molecule has 0 heterocycles. The standard InChI is InChI=1S/C18H18O3.C2H6/c1-3-5-9-14(4-2)21-18(20)16-12-11-13-8-6-7-10-15(13)17(16)19;1-2/h4-12,19H,3H2,1-2H3;1-2H3/b9-5-,14-4+;. The molecule has 2 aromatic carbocycles. The summed E-state index contributed by atoms with van der Waals surface area (Å²) in [6.45, 7) is 7.80. The number of ether oxygens (including phenoxy) is 1. The van der Waals surface area contributed by atoms with Crippen LogP contribution in [0.25, 0.3) is 10.8 Å². The molecule has 2 rings (SSSR count). The monoisotopic (exact) mass is 312 g/mol. The number of allylic oxidation sites excluding steroid dienone is 3. The van der Waals surface area contributed by atoms with Gasteiger partial charge in [-0.3, -0.25) is 0 Å². The third kappa shape index (κ3) is 4.71. The lowest BCUT2D eigenvalue weighted by Gasteiger charge is -2.08. The van der Waals surface area contributed by atoms with Gasteiger partial charge in [0, 0.05) is 5.39 Å². The molecule has 0 radical (unpaired) electrons. The number of hydrogen-bond acceptors (Lipinski definition) is 3. The van der Waals surface area contributed by atoms with Crippen molar-refractivity contribution in [2.45, 2.75) is 34.1 Å². The Labute approximate surface area is 137 Å². The van der Waals surface area contributed by atoms with Gasteiger partial charge < -0.3 is 9.84 Å². The fourth-order valence-electron chi connectivity index (χ4n) is 2.01. The average Bonchev–Trinajstić information content (AvgIpc) is 2.60. The van der Waals surface area contributed by atoms with Crippen molar-refractivity contribution in [3.63, 3.8) is 0 Å². The molecule has 0 bridgehead atoms. The lowest BCUT2D eigenvalue weighted by atomic mass is 10.1. The summed E-state index contributed by atoms with van der Waals surface area (Å²) in [5, 5.41) is 11.8. The number of carbonyl (C=O) groups excluding carboxylic acids is 1. The van der Waals surface area contributed by atoms with E-state index in [9.17, 15) is 9.90 Å². The van der Waals surface area contributed by atoms with E-state index in [4.69, 9.17) is 4.74 Å². The van der Waals surface area contributed by atoms with Crippen LogP contribution in [0.1, 0.15) is 44.5 Å². The minimum atomic E-state index is -0.563. The second kappa shape index (κ2) is 9.46. The Balaban J connectivity index is 0.00000127. The number of fused-ring (bicyclic) bond motifs is 1. The van der Waals surface area contributed by atoms with E-state index in [1.807, 2.05) is 45.0 Å². The highest BCUT2D eigenvalue weighted by Gasteiger charge is 2.15. The Kier molecular flexibility index (Phi) is 7.61. The van der Waals surface area contributed by atoms with Crippen LogP contribution in [-0.4, -0.2) is 11.1 Å². The molecule has 0 unspecified atom stereocenters. The van der Waals surface area contributed by atoms with Crippen LogP contribution < -0.4 is 0 Å². The van der Waals surface area contributed by atoms with Gasteiger partial charge >= 0.3 is 5.97 Å². The molecule has 0 spiro atoms. The Morgan fingerprint density at radius 2 is 1.87 bits per heavy atom. The molecule has 0 amide bonds. The number of hydrogen-bond donors (Lipinski definition) is 1. The molecule has 23 heavy (non-hydrogen) atoms. The van der Waals surface area contributed by atoms with Crippen molar-refractivity contribution in [3.05, 3.63) is 65.9 Å². The molecule has 3 heteroatoms. The maximum Gasteiger partial charge on any atom is 0.347 e. The summed E-state index contributed by atoms with van der Waals surface area (Å²) in [6.07, 6.45) is 6.22. The highest BCUT2D eigenvalue weighted by atomic mass is 16.5. The molecule has 0 saturated carbocycles. The number of carbonyl (C=O) groups is 1. The largest absolute Gasteiger partial charge is 0.506 e. The summed E-state index contributed by atoms with van der Waals surface area (Å²) in [4.78, 5) is 12.2. The normalized spacial score (nSPS) is 11.2. The van der Waals surface area contributed by atoms with E-state index < -0.39 is 5.97 Å². The predicted octanol–water partition coefficient (Wildman–Crippen LogP) is 5.60. The lowest BCUT2D eigenvalue weighted by Crippen LogP contribution is -2.04. The number of phenolic OH excluding ortho intramolecular Hbond substituents is 1. The molecular weight excluding hydrogens is 288 g/mol. The van der Waals surface area contributed by atoms with Crippen LogP contribution in [0.4, 0.5) is 0 Å². The van der Waals surface area contributed by atoms with Gasteiger partial charge in [-0.15, -0.1) is 0 Å². The molecule has 0 aliphatic carbocycles. The second-order valence-corrected chi connectivity index (χ2v) is 4.57. The van der Waals surface area contributed by atoms with E-state index in [1.165, 1.54) is 0 Å². The average molecular weight is 312 g/mol. The van der Waals surface area contributed by atoms with Crippen LogP contribution in [-0.2, 0) is 4.74 Å². The molecule has 0 atom stereocenters. The maximum atomic E-state index is 12.2. The second-order valence-electron chi connectivity index (χ2n) is 4.57. The van der Waals surface area contributed by atoms with E-state index in [-0.39, 0.29) is 11.3 Å². The molecule has 122 valence electrons. The topological polar surface area (TPSA) is 46.5 Å². The zero-order valence-corrected chi connectivity index (χ0v) is 14.2. The zero-order valence-electron chi connectivity index (χ0n) is 14.2. The van der Waals surface area contributed by atoms with E-state index >= 15 is 0 Å². The first-order valence-electron chi connectivity index (χ1n) is 7.93. The molecule has 0 aliphatic heterocycles. The fourth-order valence-corrected chi connectivity index (χ4v) is 2.01. The number of phenols is 1. The molecule has 2 aromatic rings. The van der Waals surface area contributed by atoms with Gasteiger partial charge in [0.2, 0.25) is 0 Å². The van der Waals surface area contributed by atoms with Gasteiger partial charge in [-0.05, 0) is 36.9 Å². The molecule has 0 aromatic heterocycles. The van der Waals surface area contributed by atoms with E-state index in [2.05, 4.69) is 0 Å². The third-order valence-corrected chi connectivity index (χ3v) is 3.13. The van der Waals surface area contributed by atoms with Gasteiger partial charge in [0.25, 0.3) is 0 Å². The Bertz CT molecular complexity index is 712. The Morgan fingerprint density at radius 1 is 1.17 bits per heavy atom. The van der Waals surface area contributed by atoms with Crippen molar-refractivity contribution < 1.29 is 14.6 Å². The summed E-state index contributed by atoms with van der Waals surface area (Å²) >= 11 is 0. The fraction of sp³-hybridized carbons (Fsp3) is 0.250. The van der Waals surface area contributed by atoms with Crippen molar-refractivity contribution in [2.24, 2.45) is 0 Å². The van der Waals surface area contributed by atoms with Crippen molar-refractivity contribution in [1.29, 1.82) is 0 Å². The van der Waals surface area contributed by atoms with Crippen LogP contribution in [0.15, 0.2) is 60.4 Å². The molecule has 0 aliphatic rings. The van der Waals surface area contributed by atoms with Crippen molar-refractivity contribution in [2.75, 3.05) is 0 Å². The van der Waals surface area contributed by atoms with Gasteiger partial charge in [-0.2, -0.15) is 0 Å². The highest BCUT2D eigenvalue weighted by molar-refractivity contribution is 6.01. The minimum absolute atomic E-state index is 0.0481. The van der Waals surface area contributed by atoms with Gasteiger partial charge in [-0.25, -0.2) is 4.79 Å². The van der Waals surface area contributed by atoms with Gasteiger partial charge in [0.1, 0.15) is 17.1 Å². The summed E-state index contributed by atoms with van der Waals surface area (Å²) in [7, 11) is 0. The number of aromatic hydroxyl groups is 1. The number of rotatable bonds is 4. The summed E-state index contributed by atoms with van der Waals surface area (Å²) in [5.74, 6) is -0.144. The summed E-state index contributed by atoms with van der Waals surface area (Å²) < 4.78 is 5.29. The van der Waals surface area contributed by atoms with Gasteiger partial charge in [0.15, 0.2) is 0 Å². The van der Waals surface area contributed by atoms with Crippen molar-refractivity contribution in [1.82, 2.24) is 0 Å². The van der Waals surface area contributed by atoms with Crippen molar-refractivity contribution >= 4 is 16.7 Å². The van der Waals surface area contributed by atoms with E-state index in [1.54, 1.807) is 37.3 Å². The lowest BCUT2D eigenvalue weighted by molar-refractivity contribution is 0.0633. The van der Waals surface area contributed by atoms with Crippen LogP contribution >= 0.6 is 0 Å². The molecule has 3 nitrogen and oxygen atoms in total. The smallest absolute Gasteiger partial charge is 0.347 e. The van der Waals surface area contributed by atoms with E-state index in [0.717, 1.165) is 11.8 Å². The maximum absolute atomic E-state index is 12.2. The molecule has 1 N–H and O–H groups in total. The number of benzene rings is 2. The van der Waals surface area contributed by atoms with Crippen LogP contribution in [0.3, 0.4) is 0 Å². The molecule has 0 saturated heterocycles. The SMILES string of the molecule is C/C=C(\C=C/CC)OC(=O)c1ccc2ccccc2c1O.CC. The first kappa shape index (κ1) is 18.5. The van der Waals surface area contributed by atoms with Crippen LogP contribution in [0.5, 0.6) is 5.75 Å². The van der Waals surface area contributed by atoms with Gasteiger partial charge in [0.05, 0.1) is 0 Å². The summed E-state index contributed by atoms with van der Waals surface area (Å²) in [5.41, 5.74) is 0.165. The minimum Gasteiger partial charge on any atom is -0.506 e. The number of esters is 1. The highest BCUT2D eigenvalue weighted by Crippen LogP contribution is 2.29. The zero-order chi connectivity index (χ0) is 17.2. The summed E-state index contributed by atoms with van der Waals surface area (Å²) in [6, 6.07) is 10.7. The van der Waals surface area contributed by atoms with E-state index in [0.29, 0.717) is 11.1 Å². The van der Waals surface area contributed by atoms with Crippen LogP contribution in [0, 0.1) is 0 Å².